The predicted molar refractivity (Wildman–Crippen MR) is 277 cm³/mol. The highest BCUT2D eigenvalue weighted by molar-refractivity contribution is 6.29. The molecule has 0 saturated carbocycles. The summed E-state index contributed by atoms with van der Waals surface area (Å²) in [5.74, 6) is 0. The topological polar surface area (TPSA) is 41.1 Å². The second-order valence-electron chi connectivity index (χ2n) is 17.2. The number of fused-ring (bicyclic) bond motifs is 17. The summed E-state index contributed by atoms with van der Waals surface area (Å²) in [5.41, 5.74) is 16.0. The predicted octanol–water partition coefficient (Wildman–Crippen LogP) is 17.1. The molecule has 0 amide bonds. The van der Waals surface area contributed by atoms with E-state index < -0.39 is 0 Å². The molecule has 5 heterocycles. The van der Waals surface area contributed by atoms with E-state index in [2.05, 4.69) is 209 Å². The zero-order valence-corrected chi connectivity index (χ0v) is 36.0. The van der Waals surface area contributed by atoms with Crippen molar-refractivity contribution in [1.29, 1.82) is 0 Å². The minimum Gasteiger partial charge on any atom is -0.456 e. The van der Waals surface area contributed by atoms with Crippen LogP contribution in [0.5, 0.6) is 0 Å². The number of rotatable bonds is 6. The second kappa shape index (κ2) is 13.8. The van der Waals surface area contributed by atoms with Crippen molar-refractivity contribution in [2.24, 2.45) is 0 Å². The van der Waals surface area contributed by atoms with E-state index in [1.54, 1.807) is 0 Å². The maximum atomic E-state index is 7.30. The van der Waals surface area contributed by atoms with Gasteiger partial charge in [-0.25, -0.2) is 0 Å². The lowest BCUT2D eigenvalue weighted by Crippen LogP contribution is -1.96. The molecule has 0 aliphatic heterocycles. The van der Waals surface area contributed by atoms with Crippen LogP contribution in [0, 0.1) is 0 Å². The third-order valence-corrected chi connectivity index (χ3v) is 13.8. The van der Waals surface area contributed by atoms with Crippen LogP contribution in [-0.2, 0) is 0 Å². The van der Waals surface area contributed by atoms with Crippen molar-refractivity contribution in [3.05, 3.63) is 213 Å². The Balaban J connectivity index is 0.971. The lowest BCUT2D eigenvalue weighted by atomic mass is 10.0. The molecule has 0 saturated heterocycles. The van der Waals surface area contributed by atoms with Crippen molar-refractivity contribution in [1.82, 2.24) is 13.7 Å². The number of furan rings is 2. The summed E-state index contributed by atoms with van der Waals surface area (Å²) >= 11 is 0. The molecule has 310 valence electrons. The quantitative estimate of drug-likeness (QED) is 0.156. The number of allylic oxidation sites excluding steroid dienone is 5. The molecule has 0 atom stereocenters. The number of hydrogen-bond donors (Lipinski definition) is 0. The first-order valence-corrected chi connectivity index (χ1v) is 22.5. The van der Waals surface area contributed by atoms with Crippen molar-refractivity contribution in [2.75, 3.05) is 0 Å². The summed E-state index contributed by atoms with van der Waals surface area (Å²) in [6, 6.07) is 65.6. The molecule has 5 heteroatoms. The Kier molecular flexibility index (Phi) is 7.69. The van der Waals surface area contributed by atoms with Gasteiger partial charge in [-0.1, -0.05) is 116 Å². The normalized spacial score (nSPS) is 12.7. The van der Waals surface area contributed by atoms with Gasteiger partial charge in [-0.05, 0) is 115 Å². The summed E-state index contributed by atoms with van der Waals surface area (Å²) in [6.45, 7) is 6.00. The van der Waals surface area contributed by atoms with E-state index in [0.29, 0.717) is 0 Å². The minimum absolute atomic E-state index is 0.896. The van der Waals surface area contributed by atoms with Crippen LogP contribution in [-0.4, -0.2) is 13.7 Å². The summed E-state index contributed by atoms with van der Waals surface area (Å²) < 4.78 is 20.6. The highest BCUT2D eigenvalue weighted by Gasteiger charge is 2.23. The number of aromatic nitrogens is 3. The molecule has 0 N–H and O–H groups in total. The van der Waals surface area contributed by atoms with Crippen molar-refractivity contribution in [2.45, 2.75) is 6.92 Å². The highest BCUT2D eigenvalue weighted by Crippen LogP contribution is 2.46. The number of para-hydroxylation sites is 4. The molecule has 66 heavy (non-hydrogen) atoms. The van der Waals surface area contributed by atoms with Gasteiger partial charge in [0.05, 0.1) is 43.9 Å². The van der Waals surface area contributed by atoms with Crippen LogP contribution in [0.2, 0.25) is 0 Å². The summed E-state index contributed by atoms with van der Waals surface area (Å²) in [5, 5.41) is 11.4. The van der Waals surface area contributed by atoms with E-state index in [0.717, 1.165) is 121 Å². The van der Waals surface area contributed by atoms with Gasteiger partial charge in [-0.3, -0.25) is 0 Å². The van der Waals surface area contributed by atoms with Crippen molar-refractivity contribution >= 4 is 115 Å². The molecule has 0 aliphatic rings. The molecular weight excluding hydrogens is 807 g/mol. The van der Waals surface area contributed by atoms with Gasteiger partial charge in [0, 0.05) is 60.2 Å². The summed E-state index contributed by atoms with van der Waals surface area (Å²) in [4.78, 5) is 0. The van der Waals surface area contributed by atoms with Crippen LogP contribution in [0.15, 0.2) is 222 Å². The van der Waals surface area contributed by atoms with Crippen molar-refractivity contribution < 1.29 is 8.83 Å². The third kappa shape index (κ3) is 5.05. The first-order chi connectivity index (χ1) is 32.7. The van der Waals surface area contributed by atoms with Crippen molar-refractivity contribution in [3.8, 4) is 22.5 Å². The fourth-order valence-corrected chi connectivity index (χ4v) is 10.9. The Morgan fingerprint density at radius 3 is 1.70 bits per heavy atom. The summed E-state index contributed by atoms with van der Waals surface area (Å²) in [7, 11) is 0. The first-order valence-electron chi connectivity index (χ1n) is 22.5. The lowest BCUT2D eigenvalue weighted by Gasteiger charge is -2.11. The first kappa shape index (κ1) is 36.7. The molecule has 0 fully saturated rings. The van der Waals surface area contributed by atoms with Gasteiger partial charge in [0.25, 0.3) is 0 Å². The lowest BCUT2D eigenvalue weighted by molar-refractivity contribution is 0.669. The Labute approximate surface area is 378 Å². The summed E-state index contributed by atoms with van der Waals surface area (Å²) in [6.07, 6.45) is 8.09. The van der Waals surface area contributed by atoms with Crippen LogP contribution in [0.3, 0.4) is 0 Å². The monoisotopic (exact) mass is 845 g/mol. The largest absolute Gasteiger partial charge is 0.456 e. The van der Waals surface area contributed by atoms with Gasteiger partial charge in [0.1, 0.15) is 22.3 Å². The molecule has 0 aliphatic carbocycles. The molecular formula is C61H39N3O2. The Morgan fingerprint density at radius 2 is 1.00 bits per heavy atom. The molecule has 0 bridgehead atoms. The van der Waals surface area contributed by atoms with Gasteiger partial charge in [0.15, 0.2) is 0 Å². The molecule has 0 unspecified atom stereocenters. The Bertz CT molecular complexity index is 4440. The molecule has 5 aromatic heterocycles. The smallest absolute Gasteiger partial charge is 0.145 e. The van der Waals surface area contributed by atoms with E-state index in [1.165, 1.54) is 16.3 Å². The molecule has 0 radical (unpaired) electrons. The molecule has 14 rings (SSSR count). The zero-order chi connectivity index (χ0) is 43.6. The molecule has 9 aromatic carbocycles. The third-order valence-electron chi connectivity index (χ3n) is 13.8. The SMILES string of the molecule is C=C/C=C\C(=C/C)n1c2ccccc2c2cc(-n3c4ccccc4c4c5oc6c(ccc7c6c6ccccc6n7-c6cccc(-c7ccc8oc9ccccc9c8c7)c6)c5ccc43)ccc21. The highest BCUT2D eigenvalue weighted by atomic mass is 16.3. The van der Waals surface area contributed by atoms with Crippen LogP contribution < -0.4 is 0 Å². The van der Waals surface area contributed by atoms with E-state index >= 15 is 0 Å². The number of benzene rings is 9. The van der Waals surface area contributed by atoms with Crippen LogP contribution in [0.1, 0.15) is 6.92 Å². The number of hydrogen-bond acceptors (Lipinski definition) is 2. The second-order valence-corrected chi connectivity index (χ2v) is 17.2. The van der Waals surface area contributed by atoms with E-state index in [4.69, 9.17) is 8.83 Å². The van der Waals surface area contributed by atoms with Crippen LogP contribution in [0.25, 0.3) is 137 Å². The van der Waals surface area contributed by atoms with E-state index in [1.807, 2.05) is 24.3 Å². The van der Waals surface area contributed by atoms with Gasteiger partial charge < -0.3 is 22.5 Å². The van der Waals surface area contributed by atoms with Gasteiger partial charge in [-0.2, -0.15) is 0 Å². The number of nitrogens with zero attached hydrogens (tertiary/aromatic N) is 3. The zero-order valence-electron chi connectivity index (χ0n) is 36.0. The molecule has 0 spiro atoms. The van der Waals surface area contributed by atoms with E-state index in [-0.39, 0.29) is 0 Å². The minimum atomic E-state index is 0.896. The Morgan fingerprint density at radius 1 is 0.424 bits per heavy atom. The fraction of sp³-hybridized carbons (Fsp3) is 0.0164. The van der Waals surface area contributed by atoms with E-state index in [9.17, 15) is 0 Å². The Hall–Kier alpha value is -8.80. The fourth-order valence-electron chi connectivity index (χ4n) is 10.9. The van der Waals surface area contributed by atoms with Crippen LogP contribution in [0.4, 0.5) is 0 Å². The maximum Gasteiger partial charge on any atom is 0.145 e. The standard InChI is InChI=1S/C61H39N3O2/c1-3-5-16-39(4-2)62-50-22-10-6-18-42(50)48-36-41(27-30-53(48)62)64-52-24-12-8-21-47(52)59-55(64)32-29-45-44-28-31-54-58(60(44)66-61(45)59)46-20-7-11-23-51(46)63(54)40-17-14-15-37(34-40)38-26-33-57-49(35-38)43-19-9-13-25-56(43)65-57/h3-36H,1H2,2H3/b16-5-,39-4+. The average Bonchev–Trinajstić information content (AvgIpc) is 4.18. The maximum absolute atomic E-state index is 7.30. The van der Waals surface area contributed by atoms with Crippen molar-refractivity contribution in [3.63, 3.8) is 0 Å². The molecule has 14 aromatic rings. The van der Waals surface area contributed by atoms with Gasteiger partial charge in [0.2, 0.25) is 0 Å². The van der Waals surface area contributed by atoms with Gasteiger partial charge in [-0.15, -0.1) is 0 Å². The van der Waals surface area contributed by atoms with Gasteiger partial charge >= 0.3 is 0 Å². The molecule has 5 nitrogen and oxygen atoms in total. The van der Waals surface area contributed by atoms with Crippen LogP contribution >= 0.6 is 0 Å². The average molecular weight is 846 g/mol.